The first-order chi connectivity index (χ1) is 12.6. The molecule has 1 unspecified atom stereocenters. The van der Waals surface area contributed by atoms with E-state index in [0.29, 0.717) is 22.8 Å². The Kier molecular flexibility index (Phi) is 6.38. The number of hydrogen-bond donors (Lipinski definition) is 1. The zero-order valence-electron chi connectivity index (χ0n) is 14.8. The van der Waals surface area contributed by atoms with Crippen LogP contribution in [0.15, 0.2) is 42.1 Å². The van der Waals surface area contributed by atoms with Crippen molar-refractivity contribution in [2.24, 2.45) is 0 Å². The average molecular weight is 391 g/mol. The molecule has 1 saturated carbocycles. The first-order valence-corrected chi connectivity index (χ1v) is 10.1. The summed E-state index contributed by atoms with van der Waals surface area (Å²) in [7, 11) is 0. The lowest BCUT2D eigenvalue weighted by atomic mass is 10.2. The van der Waals surface area contributed by atoms with E-state index in [4.69, 9.17) is 11.6 Å². The third-order valence-electron chi connectivity index (χ3n) is 4.48. The van der Waals surface area contributed by atoms with Crippen molar-refractivity contribution in [3.63, 3.8) is 0 Å². The maximum Gasteiger partial charge on any atom is 0.233 e. The first kappa shape index (κ1) is 19.0. The second kappa shape index (κ2) is 8.73. The molecule has 1 atom stereocenters. The van der Waals surface area contributed by atoms with Gasteiger partial charge in [0.05, 0.1) is 5.25 Å². The monoisotopic (exact) mass is 390 g/mol. The molecule has 26 heavy (non-hydrogen) atoms. The topological polar surface area (TPSA) is 59.8 Å². The minimum atomic E-state index is -0.235. The van der Waals surface area contributed by atoms with Crippen LogP contribution in [0.2, 0.25) is 5.02 Å². The summed E-state index contributed by atoms with van der Waals surface area (Å²) in [5.74, 6) is 0.801. The van der Waals surface area contributed by atoms with Crippen molar-refractivity contribution in [3.8, 4) is 11.4 Å². The van der Waals surface area contributed by atoms with Crippen LogP contribution in [0, 0.1) is 0 Å². The number of rotatable bonds is 7. The van der Waals surface area contributed by atoms with Crippen molar-refractivity contribution in [2.75, 3.05) is 0 Å². The number of halogens is 1. The molecule has 1 N–H and O–H groups in total. The second-order valence-corrected chi connectivity index (χ2v) is 8.21. The maximum absolute atomic E-state index is 12.5. The van der Waals surface area contributed by atoms with E-state index in [0.717, 1.165) is 24.2 Å². The van der Waals surface area contributed by atoms with Crippen molar-refractivity contribution in [1.82, 2.24) is 20.1 Å². The van der Waals surface area contributed by atoms with Gasteiger partial charge in [-0.1, -0.05) is 42.3 Å². The molecule has 1 aliphatic rings. The molecule has 7 heteroatoms. The van der Waals surface area contributed by atoms with Crippen LogP contribution < -0.4 is 5.32 Å². The molecule has 0 saturated heterocycles. The fourth-order valence-corrected chi connectivity index (χ4v) is 4.08. The number of carbonyl (C=O) groups excluding carboxylic acids is 1. The zero-order valence-corrected chi connectivity index (χ0v) is 16.4. The van der Waals surface area contributed by atoms with Gasteiger partial charge >= 0.3 is 0 Å². The van der Waals surface area contributed by atoms with E-state index in [1.165, 1.54) is 24.6 Å². The number of aromatic nitrogens is 3. The summed E-state index contributed by atoms with van der Waals surface area (Å²) in [4.78, 5) is 12.5. The van der Waals surface area contributed by atoms with Gasteiger partial charge < -0.3 is 5.32 Å². The summed E-state index contributed by atoms with van der Waals surface area (Å²) in [5.41, 5.74) is 0.929. The van der Waals surface area contributed by atoms with Crippen LogP contribution in [-0.4, -0.2) is 32.0 Å². The molecule has 1 amide bonds. The lowest BCUT2D eigenvalue weighted by Crippen LogP contribution is -2.37. The van der Waals surface area contributed by atoms with Gasteiger partial charge in [0.25, 0.3) is 0 Å². The second-order valence-electron chi connectivity index (χ2n) is 6.46. The number of allylic oxidation sites excluding steroid dienone is 1. The molecule has 0 bridgehead atoms. The van der Waals surface area contributed by atoms with Gasteiger partial charge in [0.15, 0.2) is 11.0 Å². The molecule has 1 aromatic heterocycles. The molecule has 0 radical (unpaired) electrons. The van der Waals surface area contributed by atoms with Crippen LogP contribution >= 0.6 is 23.4 Å². The summed E-state index contributed by atoms with van der Waals surface area (Å²) in [6.45, 7) is 6.30. The molecule has 1 heterocycles. The van der Waals surface area contributed by atoms with Gasteiger partial charge in [0.2, 0.25) is 5.91 Å². The summed E-state index contributed by atoms with van der Waals surface area (Å²) < 4.78 is 1.97. The van der Waals surface area contributed by atoms with E-state index in [1.54, 1.807) is 6.08 Å². The highest BCUT2D eigenvalue weighted by Crippen LogP contribution is 2.28. The molecule has 3 rings (SSSR count). The van der Waals surface area contributed by atoms with Crippen LogP contribution in [-0.2, 0) is 11.3 Å². The fraction of sp³-hybridized carbons (Fsp3) is 0.421. The Morgan fingerprint density at radius 2 is 2.08 bits per heavy atom. The SMILES string of the molecule is C=CCn1c(SC(C)C(=O)NC2CCCC2)nnc1-c1ccc(Cl)cc1. The Balaban J connectivity index is 1.75. The predicted molar refractivity (Wildman–Crippen MR) is 106 cm³/mol. The van der Waals surface area contributed by atoms with E-state index < -0.39 is 0 Å². The molecular weight excluding hydrogens is 368 g/mol. The van der Waals surface area contributed by atoms with Gasteiger partial charge in [-0.25, -0.2) is 0 Å². The summed E-state index contributed by atoms with van der Waals surface area (Å²) >= 11 is 7.39. The molecule has 1 aliphatic carbocycles. The highest BCUT2D eigenvalue weighted by Gasteiger charge is 2.23. The Labute approximate surface area is 163 Å². The van der Waals surface area contributed by atoms with Gasteiger partial charge in [-0.3, -0.25) is 9.36 Å². The third-order valence-corrected chi connectivity index (χ3v) is 5.82. The molecule has 5 nitrogen and oxygen atoms in total. The van der Waals surface area contributed by atoms with E-state index in [1.807, 2.05) is 35.8 Å². The van der Waals surface area contributed by atoms with Crippen LogP contribution in [0.4, 0.5) is 0 Å². The van der Waals surface area contributed by atoms with E-state index in [9.17, 15) is 4.79 Å². The van der Waals surface area contributed by atoms with Crippen LogP contribution in [0.25, 0.3) is 11.4 Å². The number of benzene rings is 1. The molecule has 2 aromatic rings. The average Bonchev–Trinajstić information content (AvgIpc) is 3.27. The minimum absolute atomic E-state index is 0.0584. The van der Waals surface area contributed by atoms with Crippen molar-refractivity contribution >= 4 is 29.3 Å². The Bertz CT molecular complexity index is 768. The van der Waals surface area contributed by atoms with Crippen LogP contribution in [0.3, 0.4) is 0 Å². The van der Waals surface area contributed by atoms with Crippen molar-refractivity contribution in [2.45, 2.75) is 55.6 Å². The number of nitrogens with zero attached hydrogens (tertiary/aromatic N) is 3. The van der Waals surface area contributed by atoms with Crippen molar-refractivity contribution in [3.05, 3.63) is 41.9 Å². The van der Waals surface area contributed by atoms with Gasteiger partial charge in [-0.05, 0) is 44.0 Å². The maximum atomic E-state index is 12.5. The third kappa shape index (κ3) is 4.48. The summed E-state index contributed by atoms with van der Waals surface area (Å²) in [6.07, 6.45) is 6.36. The number of hydrogen-bond acceptors (Lipinski definition) is 4. The Morgan fingerprint density at radius 1 is 1.38 bits per heavy atom. The smallest absolute Gasteiger partial charge is 0.233 e. The summed E-state index contributed by atoms with van der Waals surface area (Å²) in [6, 6.07) is 7.80. The number of amides is 1. The first-order valence-electron chi connectivity index (χ1n) is 8.85. The largest absolute Gasteiger partial charge is 0.352 e. The normalized spacial score (nSPS) is 15.8. The Morgan fingerprint density at radius 3 is 2.73 bits per heavy atom. The predicted octanol–water partition coefficient (Wildman–Crippen LogP) is 4.32. The highest BCUT2D eigenvalue weighted by atomic mass is 35.5. The van der Waals surface area contributed by atoms with Gasteiger partial charge in [0.1, 0.15) is 0 Å². The minimum Gasteiger partial charge on any atom is -0.352 e. The summed E-state index contributed by atoms with van der Waals surface area (Å²) in [5, 5.41) is 12.9. The van der Waals surface area contributed by atoms with E-state index in [2.05, 4.69) is 22.1 Å². The lowest BCUT2D eigenvalue weighted by Gasteiger charge is -2.16. The number of carbonyl (C=O) groups is 1. The molecular formula is C19H23ClN4OS. The Hall–Kier alpha value is -1.79. The van der Waals surface area contributed by atoms with Gasteiger partial charge in [-0.15, -0.1) is 16.8 Å². The fourth-order valence-electron chi connectivity index (χ4n) is 3.08. The van der Waals surface area contributed by atoms with E-state index in [-0.39, 0.29) is 11.2 Å². The van der Waals surface area contributed by atoms with Crippen LogP contribution in [0.5, 0.6) is 0 Å². The molecule has 0 aliphatic heterocycles. The van der Waals surface area contributed by atoms with Crippen LogP contribution in [0.1, 0.15) is 32.6 Å². The number of thioether (sulfide) groups is 1. The van der Waals surface area contributed by atoms with Crippen molar-refractivity contribution < 1.29 is 4.79 Å². The lowest BCUT2D eigenvalue weighted by molar-refractivity contribution is -0.120. The van der Waals surface area contributed by atoms with Gasteiger partial charge in [0, 0.05) is 23.2 Å². The molecule has 1 aromatic carbocycles. The quantitative estimate of drug-likeness (QED) is 0.564. The zero-order chi connectivity index (χ0) is 18.5. The highest BCUT2D eigenvalue weighted by molar-refractivity contribution is 8.00. The van der Waals surface area contributed by atoms with Gasteiger partial charge in [-0.2, -0.15) is 0 Å². The molecule has 0 spiro atoms. The van der Waals surface area contributed by atoms with Crippen molar-refractivity contribution in [1.29, 1.82) is 0 Å². The molecule has 138 valence electrons. The molecule has 1 fully saturated rings. The standard InChI is InChI=1S/C19H23ClN4OS/c1-3-12-24-17(14-8-10-15(20)11-9-14)22-23-19(24)26-13(2)18(25)21-16-6-4-5-7-16/h3,8-11,13,16H,1,4-7,12H2,2H3,(H,21,25). The van der Waals surface area contributed by atoms with E-state index >= 15 is 0 Å². The number of nitrogens with one attached hydrogen (secondary N) is 1.